The number of rotatable bonds is 8. The molecule has 0 N–H and O–H groups in total. The van der Waals surface area contributed by atoms with E-state index in [-0.39, 0.29) is 5.91 Å². The summed E-state index contributed by atoms with van der Waals surface area (Å²) in [5, 5.41) is 1.05. The maximum atomic E-state index is 13.0. The molecule has 0 aliphatic heterocycles. The summed E-state index contributed by atoms with van der Waals surface area (Å²) in [6, 6.07) is 15.2. The van der Waals surface area contributed by atoms with Crippen molar-refractivity contribution in [3.05, 3.63) is 65.4 Å². The zero-order valence-corrected chi connectivity index (χ0v) is 16.0. The third kappa shape index (κ3) is 4.14. The van der Waals surface area contributed by atoms with Gasteiger partial charge in [0.25, 0.3) is 5.91 Å². The SMILES string of the molecule is CCc1oc2ccccc2c1CN(C)C(=O)c1ccccc1OCCOC. The molecule has 0 atom stereocenters. The van der Waals surface area contributed by atoms with Crippen LogP contribution in [0, 0.1) is 0 Å². The first-order valence-corrected chi connectivity index (χ1v) is 9.11. The van der Waals surface area contributed by atoms with Gasteiger partial charge in [-0.05, 0) is 18.2 Å². The van der Waals surface area contributed by atoms with Crippen LogP contribution < -0.4 is 4.74 Å². The minimum absolute atomic E-state index is 0.0876. The molecule has 0 aliphatic rings. The minimum atomic E-state index is -0.0876. The van der Waals surface area contributed by atoms with Crippen LogP contribution in [0.3, 0.4) is 0 Å². The lowest BCUT2D eigenvalue weighted by Crippen LogP contribution is -2.27. The van der Waals surface area contributed by atoms with Crippen LogP contribution in [0.5, 0.6) is 5.75 Å². The average Bonchev–Trinajstić information content (AvgIpc) is 3.05. The topological polar surface area (TPSA) is 51.9 Å². The molecule has 1 amide bonds. The van der Waals surface area contributed by atoms with Crippen LogP contribution in [-0.2, 0) is 17.7 Å². The van der Waals surface area contributed by atoms with Crippen LogP contribution in [0.4, 0.5) is 0 Å². The predicted molar refractivity (Wildman–Crippen MR) is 105 cm³/mol. The number of benzene rings is 2. The van der Waals surface area contributed by atoms with Gasteiger partial charge < -0.3 is 18.8 Å². The van der Waals surface area contributed by atoms with Gasteiger partial charge in [0.15, 0.2) is 0 Å². The van der Waals surface area contributed by atoms with Gasteiger partial charge in [-0.2, -0.15) is 0 Å². The lowest BCUT2D eigenvalue weighted by atomic mass is 10.1. The van der Waals surface area contributed by atoms with Gasteiger partial charge in [0, 0.05) is 38.1 Å². The van der Waals surface area contributed by atoms with Gasteiger partial charge in [-0.3, -0.25) is 4.79 Å². The van der Waals surface area contributed by atoms with Crippen LogP contribution in [0.15, 0.2) is 52.9 Å². The van der Waals surface area contributed by atoms with Gasteiger partial charge in [-0.1, -0.05) is 37.3 Å². The van der Waals surface area contributed by atoms with Crippen LogP contribution in [-0.4, -0.2) is 38.2 Å². The number of ether oxygens (including phenoxy) is 2. The van der Waals surface area contributed by atoms with Gasteiger partial charge >= 0.3 is 0 Å². The third-order valence-electron chi connectivity index (χ3n) is 4.51. The fourth-order valence-corrected chi connectivity index (χ4v) is 3.13. The Balaban J connectivity index is 1.83. The van der Waals surface area contributed by atoms with E-state index in [4.69, 9.17) is 13.9 Å². The van der Waals surface area contributed by atoms with Crippen molar-refractivity contribution in [1.82, 2.24) is 4.90 Å². The summed E-state index contributed by atoms with van der Waals surface area (Å²) in [6.07, 6.45) is 0.781. The van der Waals surface area contributed by atoms with E-state index >= 15 is 0 Å². The second-order valence-corrected chi connectivity index (χ2v) is 6.35. The molecule has 0 saturated carbocycles. The van der Waals surface area contributed by atoms with Gasteiger partial charge in [-0.25, -0.2) is 0 Å². The molecule has 0 unspecified atom stereocenters. The number of carbonyl (C=O) groups excluding carboxylic acids is 1. The van der Waals surface area contributed by atoms with Crippen molar-refractivity contribution in [2.75, 3.05) is 27.4 Å². The van der Waals surface area contributed by atoms with E-state index in [2.05, 4.69) is 6.92 Å². The maximum absolute atomic E-state index is 13.0. The van der Waals surface area contributed by atoms with E-state index in [9.17, 15) is 4.79 Å². The van der Waals surface area contributed by atoms with Crippen molar-refractivity contribution in [3.8, 4) is 5.75 Å². The average molecular weight is 367 g/mol. The quantitative estimate of drug-likeness (QED) is 0.557. The van der Waals surface area contributed by atoms with E-state index in [0.29, 0.717) is 31.1 Å². The Bertz CT molecular complexity index is 916. The first-order chi connectivity index (χ1) is 13.2. The van der Waals surface area contributed by atoms with E-state index in [0.717, 1.165) is 28.7 Å². The van der Waals surface area contributed by atoms with E-state index in [1.165, 1.54) is 0 Å². The molecule has 1 heterocycles. The molecule has 27 heavy (non-hydrogen) atoms. The Hall–Kier alpha value is -2.79. The normalized spacial score (nSPS) is 10.9. The van der Waals surface area contributed by atoms with Gasteiger partial charge in [0.1, 0.15) is 23.7 Å². The van der Waals surface area contributed by atoms with Gasteiger partial charge in [-0.15, -0.1) is 0 Å². The van der Waals surface area contributed by atoms with Gasteiger partial charge in [0.05, 0.1) is 12.2 Å². The fraction of sp³-hybridized carbons (Fsp3) is 0.318. The van der Waals surface area contributed by atoms with Gasteiger partial charge in [0.2, 0.25) is 0 Å². The standard InChI is InChI=1S/C22H25NO4/c1-4-19-18(16-9-5-8-12-21(16)27-19)15-23(2)22(24)17-10-6-7-11-20(17)26-14-13-25-3/h5-12H,4,13-15H2,1-3H3. The molecule has 5 heteroatoms. The Morgan fingerprint density at radius 1 is 1.07 bits per heavy atom. The van der Waals surface area contributed by atoms with Crippen LogP contribution in [0.25, 0.3) is 11.0 Å². The van der Waals surface area contributed by atoms with Crippen LogP contribution >= 0.6 is 0 Å². The first kappa shape index (κ1) is 19.0. The summed E-state index contributed by atoms with van der Waals surface area (Å²) in [5.41, 5.74) is 2.46. The highest BCUT2D eigenvalue weighted by Crippen LogP contribution is 2.28. The summed E-state index contributed by atoms with van der Waals surface area (Å²) in [5.74, 6) is 1.40. The lowest BCUT2D eigenvalue weighted by molar-refractivity contribution is 0.0777. The summed E-state index contributed by atoms with van der Waals surface area (Å²) in [6.45, 7) is 3.41. The number of para-hydroxylation sites is 2. The van der Waals surface area contributed by atoms with Crippen molar-refractivity contribution in [2.24, 2.45) is 0 Å². The summed E-state index contributed by atoms with van der Waals surface area (Å²) in [7, 11) is 3.42. The molecule has 1 aromatic heterocycles. The second kappa shape index (κ2) is 8.73. The highest BCUT2D eigenvalue weighted by atomic mass is 16.5. The Labute approximate surface area is 159 Å². The monoisotopic (exact) mass is 367 g/mol. The Morgan fingerprint density at radius 3 is 2.59 bits per heavy atom. The van der Waals surface area contributed by atoms with E-state index < -0.39 is 0 Å². The van der Waals surface area contributed by atoms with Crippen LogP contribution in [0.1, 0.15) is 28.6 Å². The highest BCUT2D eigenvalue weighted by Gasteiger charge is 2.20. The lowest BCUT2D eigenvalue weighted by Gasteiger charge is -2.19. The number of amides is 1. The fourth-order valence-electron chi connectivity index (χ4n) is 3.13. The number of hydrogen-bond acceptors (Lipinski definition) is 4. The molecule has 2 aromatic carbocycles. The predicted octanol–water partition coefficient (Wildman–Crippen LogP) is 4.29. The molecule has 3 aromatic rings. The number of methoxy groups -OCH3 is 1. The van der Waals surface area contributed by atoms with Crippen molar-refractivity contribution in [3.63, 3.8) is 0 Å². The molecule has 0 aliphatic carbocycles. The smallest absolute Gasteiger partial charge is 0.257 e. The minimum Gasteiger partial charge on any atom is -0.490 e. The third-order valence-corrected chi connectivity index (χ3v) is 4.51. The number of aryl methyl sites for hydroxylation is 1. The van der Waals surface area contributed by atoms with Crippen molar-refractivity contribution in [1.29, 1.82) is 0 Å². The summed E-state index contributed by atoms with van der Waals surface area (Å²) >= 11 is 0. The van der Waals surface area contributed by atoms with Crippen LogP contribution in [0.2, 0.25) is 0 Å². The molecule has 142 valence electrons. The Morgan fingerprint density at radius 2 is 1.81 bits per heavy atom. The maximum Gasteiger partial charge on any atom is 0.257 e. The van der Waals surface area contributed by atoms with Crippen molar-refractivity contribution < 1.29 is 18.7 Å². The zero-order valence-electron chi connectivity index (χ0n) is 16.0. The molecule has 0 spiro atoms. The van der Waals surface area contributed by atoms with E-state index in [1.807, 2.05) is 36.4 Å². The summed E-state index contributed by atoms with van der Waals surface area (Å²) < 4.78 is 16.7. The number of furan rings is 1. The molecule has 5 nitrogen and oxygen atoms in total. The molecule has 0 radical (unpaired) electrons. The number of carbonyl (C=O) groups is 1. The number of hydrogen-bond donors (Lipinski definition) is 0. The molecule has 3 rings (SSSR count). The second-order valence-electron chi connectivity index (χ2n) is 6.35. The molecular formula is C22H25NO4. The number of nitrogens with zero attached hydrogens (tertiary/aromatic N) is 1. The molecule has 0 saturated heterocycles. The summed E-state index contributed by atoms with van der Waals surface area (Å²) in [4.78, 5) is 14.7. The Kier molecular flexibility index (Phi) is 6.14. The van der Waals surface area contributed by atoms with E-state index in [1.54, 1.807) is 31.2 Å². The molecular weight excluding hydrogens is 342 g/mol. The largest absolute Gasteiger partial charge is 0.490 e. The van der Waals surface area contributed by atoms with Crippen molar-refractivity contribution in [2.45, 2.75) is 19.9 Å². The highest BCUT2D eigenvalue weighted by molar-refractivity contribution is 5.97. The molecule has 0 fully saturated rings. The number of fused-ring (bicyclic) bond motifs is 1. The first-order valence-electron chi connectivity index (χ1n) is 9.11. The van der Waals surface area contributed by atoms with Crippen molar-refractivity contribution >= 4 is 16.9 Å². The molecule has 0 bridgehead atoms. The zero-order chi connectivity index (χ0) is 19.2.